The molecule has 1 aromatic heterocycles. The van der Waals surface area contributed by atoms with Crippen LogP contribution in [0.1, 0.15) is 17.3 Å². The molecule has 0 aliphatic carbocycles. The minimum Gasteiger partial charge on any atom is -0.495 e. The zero-order valence-electron chi connectivity index (χ0n) is 17.8. The Hall–Kier alpha value is -3.20. The van der Waals surface area contributed by atoms with Gasteiger partial charge in [-0.25, -0.2) is 0 Å². The molecule has 30 heavy (non-hydrogen) atoms. The summed E-state index contributed by atoms with van der Waals surface area (Å²) in [6.45, 7) is 2.58. The number of benzene rings is 2. The molecule has 2 aromatic carbocycles. The van der Waals surface area contributed by atoms with Gasteiger partial charge in [-0.15, -0.1) is 0 Å². The molecular formula is C21H24N2O6S. The Bertz CT molecular complexity index is 1120. The van der Waals surface area contributed by atoms with E-state index in [4.69, 9.17) is 23.7 Å². The molecule has 0 saturated heterocycles. The SMILES string of the molecule is CCn1c(=NC(=O)c2cc(OC)c(OC)c(OC)c2)sc2c(OC)ccc(OC)c21. The minimum atomic E-state index is -0.430. The van der Waals surface area contributed by atoms with Gasteiger partial charge in [0.1, 0.15) is 21.7 Å². The zero-order chi connectivity index (χ0) is 21.8. The van der Waals surface area contributed by atoms with Gasteiger partial charge in [0.2, 0.25) is 5.75 Å². The highest BCUT2D eigenvalue weighted by atomic mass is 32.1. The van der Waals surface area contributed by atoms with Gasteiger partial charge in [0, 0.05) is 12.1 Å². The first-order valence-electron chi connectivity index (χ1n) is 9.16. The highest BCUT2D eigenvalue weighted by Gasteiger charge is 2.19. The molecule has 160 valence electrons. The van der Waals surface area contributed by atoms with Crippen molar-refractivity contribution in [3.63, 3.8) is 0 Å². The number of carbonyl (C=O) groups excluding carboxylic acids is 1. The molecule has 3 rings (SSSR count). The molecule has 1 amide bonds. The Morgan fingerprint density at radius 3 is 1.97 bits per heavy atom. The second-order valence-electron chi connectivity index (χ2n) is 6.11. The summed E-state index contributed by atoms with van der Waals surface area (Å²) in [5, 5.41) is 0. The van der Waals surface area contributed by atoms with Gasteiger partial charge in [0.25, 0.3) is 5.91 Å². The summed E-state index contributed by atoms with van der Waals surface area (Å²) in [6, 6.07) is 6.84. The third-order valence-electron chi connectivity index (χ3n) is 4.62. The Labute approximate surface area is 178 Å². The van der Waals surface area contributed by atoms with Crippen molar-refractivity contribution in [2.45, 2.75) is 13.5 Å². The summed E-state index contributed by atoms with van der Waals surface area (Å²) in [7, 11) is 7.72. The molecule has 9 heteroatoms. The first kappa shape index (κ1) is 21.5. The first-order chi connectivity index (χ1) is 14.5. The maximum Gasteiger partial charge on any atom is 0.279 e. The van der Waals surface area contributed by atoms with Crippen LogP contribution < -0.4 is 28.5 Å². The van der Waals surface area contributed by atoms with Gasteiger partial charge in [-0.3, -0.25) is 4.79 Å². The molecule has 8 nitrogen and oxygen atoms in total. The standard InChI is InChI=1S/C21H24N2O6S/c1-7-23-17-13(25-2)8-9-14(26-3)19(17)30-21(23)22-20(24)12-10-15(27-4)18(29-6)16(11-12)28-5/h8-11H,7H2,1-6H3. The van der Waals surface area contributed by atoms with E-state index in [0.29, 0.717) is 45.7 Å². The number of thiazole rings is 1. The van der Waals surface area contributed by atoms with Crippen molar-refractivity contribution in [3.05, 3.63) is 34.6 Å². The van der Waals surface area contributed by atoms with Gasteiger partial charge < -0.3 is 28.3 Å². The van der Waals surface area contributed by atoms with Crippen molar-refractivity contribution < 1.29 is 28.5 Å². The first-order valence-corrected chi connectivity index (χ1v) is 9.97. The second-order valence-corrected chi connectivity index (χ2v) is 7.09. The number of methoxy groups -OCH3 is 5. The summed E-state index contributed by atoms with van der Waals surface area (Å²) in [4.78, 5) is 17.9. The number of hydrogen-bond acceptors (Lipinski definition) is 7. The largest absolute Gasteiger partial charge is 0.495 e. The number of ether oxygens (including phenoxy) is 5. The molecule has 3 aromatic rings. The average Bonchev–Trinajstić information content (AvgIpc) is 3.15. The lowest BCUT2D eigenvalue weighted by Crippen LogP contribution is -2.16. The van der Waals surface area contributed by atoms with Crippen LogP contribution in [0.15, 0.2) is 29.3 Å². The van der Waals surface area contributed by atoms with E-state index in [1.807, 2.05) is 23.6 Å². The molecule has 0 atom stereocenters. The normalized spacial score (nSPS) is 11.5. The smallest absolute Gasteiger partial charge is 0.279 e. The van der Waals surface area contributed by atoms with Crippen molar-refractivity contribution in [3.8, 4) is 28.7 Å². The number of aromatic nitrogens is 1. The third-order valence-corrected chi connectivity index (χ3v) is 5.71. The predicted octanol–water partition coefficient (Wildman–Crippen LogP) is 3.51. The number of amides is 1. The number of hydrogen-bond donors (Lipinski definition) is 0. The van der Waals surface area contributed by atoms with E-state index in [1.54, 1.807) is 26.4 Å². The Balaban J connectivity index is 2.21. The van der Waals surface area contributed by atoms with E-state index < -0.39 is 5.91 Å². The summed E-state index contributed by atoms with van der Waals surface area (Å²) < 4.78 is 29.8. The van der Waals surface area contributed by atoms with Crippen LogP contribution in [0.25, 0.3) is 10.2 Å². The number of rotatable bonds is 7. The van der Waals surface area contributed by atoms with Crippen LogP contribution in [0.3, 0.4) is 0 Å². The Morgan fingerprint density at radius 2 is 1.47 bits per heavy atom. The van der Waals surface area contributed by atoms with Crippen LogP contribution in [0, 0.1) is 0 Å². The molecule has 0 spiro atoms. The van der Waals surface area contributed by atoms with E-state index >= 15 is 0 Å². The van der Waals surface area contributed by atoms with E-state index in [9.17, 15) is 4.79 Å². The Morgan fingerprint density at radius 1 is 0.900 bits per heavy atom. The molecule has 0 saturated carbocycles. The lowest BCUT2D eigenvalue weighted by atomic mass is 10.1. The van der Waals surface area contributed by atoms with Crippen molar-refractivity contribution in [2.24, 2.45) is 4.99 Å². The highest BCUT2D eigenvalue weighted by Crippen LogP contribution is 2.38. The van der Waals surface area contributed by atoms with Gasteiger partial charge >= 0.3 is 0 Å². The minimum absolute atomic E-state index is 0.323. The fourth-order valence-corrected chi connectivity index (χ4v) is 4.39. The molecule has 0 radical (unpaired) electrons. The molecule has 0 fully saturated rings. The van der Waals surface area contributed by atoms with Crippen LogP contribution in [0.5, 0.6) is 28.7 Å². The average molecular weight is 432 g/mol. The molecule has 1 heterocycles. The summed E-state index contributed by atoms with van der Waals surface area (Å²) in [5.74, 6) is 2.14. The molecule has 0 aliphatic rings. The highest BCUT2D eigenvalue weighted by molar-refractivity contribution is 7.16. The van der Waals surface area contributed by atoms with Crippen molar-refractivity contribution >= 4 is 27.5 Å². The van der Waals surface area contributed by atoms with Gasteiger partial charge in [0.15, 0.2) is 16.3 Å². The quantitative estimate of drug-likeness (QED) is 0.568. The zero-order valence-corrected chi connectivity index (χ0v) is 18.6. The number of aryl methyl sites for hydroxylation is 1. The molecular weight excluding hydrogens is 408 g/mol. The molecule has 0 N–H and O–H groups in total. The summed E-state index contributed by atoms with van der Waals surface area (Å²) >= 11 is 1.36. The monoisotopic (exact) mass is 432 g/mol. The van der Waals surface area contributed by atoms with Crippen LogP contribution in [-0.2, 0) is 6.54 Å². The van der Waals surface area contributed by atoms with Crippen LogP contribution >= 0.6 is 11.3 Å². The van der Waals surface area contributed by atoms with Crippen LogP contribution in [0.4, 0.5) is 0 Å². The second kappa shape index (κ2) is 9.08. The summed E-state index contributed by atoms with van der Waals surface area (Å²) in [6.07, 6.45) is 0. The van der Waals surface area contributed by atoms with E-state index in [1.165, 1.54) is 32.7 Å². The molecule has 0 aliphatic heterocycles. The fourth-order valence-electron chi connectivity index (χ4n) is 3.19. The molecule has 0 bridgehead atoms. The maximum absolute atomic E-state index is 13.0. The van der Waals surface area contributed by atoms with Crippen molar-refractivity contribution in [1.29, 1.82) is 0 Å². The maximum atomic E-state index is 13.0. The van der Waals surface area contributed by atoms with Gasteiger partial charge in [-0.2, -0.15) is 4.99 Å². The van der Waals surface area contributed by atoms with E-state index in [2.05, 4.69) is 4.99 Å². The number of carbonyl (C=O) groups is 1. The van der Waals surface area contributed by atoms with Gasteiger partial charge in [-0.1, -0.05) is 11.3 Å². The lowest BCUT2D eigenvalue weighted by molar-refractivity contribution is 0.0997. The van der Waals surface area contributed by atoms with E-state index in [0.717, 1.165) is 10.2 Å². The van der Waals surface area contributed by atoms with E-state index in [-0.39, 0.29) is 0 Å². The van der Waals surface area contributed by atoms with Gasteiger partial charge in [0.05, 0.1) is 35.5 Å². The fraction of sp³-hybridized carbons (Fsp3) is 0.333. The van der Waals surface area contributed by atoms with Crippen LogP contribution in [-0.4, -0.2) is 46.0 Å². The van der Waals surface area contributed by atoms with Crippen molar-refractivity contribution in [2.75, 3.05) is 35.5 Å². The lowest BCUT2D eigenvalue weighted by Gasteiger charge is -2.12. The predicted molar refractivity (Wildman–Crippen MR) is 115 cm³/mol. The van der Waals surface area contributed by atoms with Gasteiger partial charge in [-0.05, 0) is 31.2 Å². The summed E-state index contributed by atoms with van der Waals surface area (Å²) in [5.41, 5.74) is 1.16. The Kier molecular flexibility index (Phi) is 6.51. The topological polar surface area (TPSA) is 80.5 Å². The third kappa shape index (κ3) is 3.68. The van der Waals surface area contributed by atoms with Crippen molar-refractivity contribution in [1.82, 2.24) is 4.57 Å². The number of fused-ring (bicyclic) bond motifs is 1. The molecule has 0 unspecified atom stereocenters. The number of nitrogens with zero attached hydrogens (tertiary/aromatic N) is 2. The van der Waals surface area contributed by atoms with Crippen LogP contribution in [0.2, 0.25) is 0 Å².